The van der Waals surface area contributed by atoms with Gasteiger partial charge in [-0.05, 0) is 108 Å². The third-order valence-corrected chi connectivity index (χ3v) is 15.4. The molecule has 16 nitrogen and oxygen atoms in total. The van der Waals surface area contributed by atoms with Crippen LogP contribution in [-0.2, 0) is 27.2 Å². The number of piperazine rings is 1. The topological polar surface area (TPSA) is 178 Å². The molecule has 2 aromatic carbocycles. The van der Waals surface area contributed by atoms with Crippen molar-refractivity contribution < 1.29 is 72.9 Å². The highest BCUT2D eigenvalue weighted by Gasteiger charge is 2.56. The molecule has 26 heteroatoms. The predicted molar refractivity (Wildman–Crippen MR) is 272 cm³/mol. The van der Waals surface area contributed by atoms with E-state index in [0.29, 0.717) is 65.8 Å². The molecule has 436 valence electrons. The Morgan fingerprint density at radius 2 is 1.39 bits per heavy atom. The lowest BCUT2D eigenvalue weighted by Gasteiger charge is -2.48. The molecule has 6 atom stereocenters. The summed E-state index contributed by atoms with van der Waals surface area (Å²) in [7, 11) is 1.74. The number of amides is 3. The van der Waals surface area contributed by atoms with Crippen molar-refractivity contribution in [2.45, 2.75) is 134 Å². The summed E-state index contributed by atoms with van der Waals surface area (Å²) in [6.45, 7) is -1.24. The highest BCUT2D eigenvalue weighted by Crippen LogP contribution is 2.43. The van der Waals surface area contributed by atoms with Gasteiger partial charge in [0.2, 0.25) is 0 Å². The second-order valence-corrected chi connectivity index (χ2v) is 21.4. The number of nitrogens with zero attached hydrogens (tertiary/aromatic N) is 6. The van der Waals surface area contributed by atoms with Gasteiger partial charge in [-0.15, -0.1) is 0 Å². The molecule has 5 N–H and O–H groups in total. The molecule has 2 saturated heterocycles. The van der Waals surface area contributed by atoms with Crippen LogP contribution in [0.25, 0.3) is 11.3 Å². The van der Waals surface area contributed by atoms with Gasteiger partial charge in [-0.2, -0.15) is 40.2 Å². The van der Waals surface area contributed by atoms with Gasteiger partial charge in [0.1, 0.15) is 23.5 Å². The molecule has 2 aromatic heterocycles. The third kappa shape index (κ3) is 14.2. The van der Waals surface area contributed by atoms with Crippen LogP contribution < -0.4 is 26.3 Å². The number of hydrogen-bond acceptors (Lipinski definition) is 12. The van der Waals surface area contributed by atoms with Gasteiger partial charge in [0.05, 0.1) is 42.9 Å². The molecular formula is C54H64F10N10O6. The number of hydrogen-bond donors (Lipinski definition) is 5. The average molecular weight is 1140 g/mol. The number of aliphatic hydroxyl groups is 1. The van der Waals surface area contributed by atoms with Gasteiger partial charge < -0.3 is 35.4 Å². The van der Waals surface area contributed by atoms with E-state index in [1.807, 2.05) is 17.4 Å². The summed E-state index contributed by atoms with van der Waals surface area (Å²) in [5.41, 5.74) is -3.46. The number of anilines is 1. The number of alkyl carbamates (subject to hydrolysis) is 2. The Hall–Kier alpha value is -6.69. The Morgan fingerprint density at radius 3 is 1.91 bits per heavy atom. The van der Waals surface area contributed by atoms with Crippen LogP contribution >= 0.6 is 0 Å². The van der Waals surface area contributed by atoms with Crippen LogP contribution in [0.15, 0.2) is 67.0 Å². The molecule has 2 bridgehead atoms. The number of benzene rings is 2. The van der Waals surface area contributed by atoms with Crippen LogP contribution in [0.2, 0.25) is 0 Å². The number of hydrazine groups is 1. The maximum Gasteiger partial charge on any atom is 0.407 e. The predicted octanol–water partition coefficient (Wildman–Crippen LogP) is 8.24. The highest BCUT2D eigenvalue weighted by atomic mass is 19.4. The Balaban J connectivity index is 1.16. The van der Waals surface area contributed by atoms with Crippen LogP contribution in [0.5, 0.6) is 0 Å². The Bertz CT molecular complexity index is 2820. The first kappa shape index (κ1) is 60.9. The summed E-state index contributed by atoms with van der Waals surface area (Å²) in [5, 5.41) is 23.1. The van der Waals surface area contributed by atoms with Crippen molar-refractivity contribution in [2.75, 3.05) is 45.3 Å². The summed E-state index contributed by atoms with van der Waals surface area (Å²) in [4.78, 5) is 48.6. The maximum atomic E-state index is 16.0. The third-order valence-electron chi connectivity index (χ3n) is 15.4. The second-order valence-electron chi connectivity index (χ2n) is 21.4. The molecule has 3 amide bonds. The molecule has 3 fully saturated rings. The summed E-state index contributed by atoms with van der Waals surface area (Å²) in [6.07, 6.45) is -6.28. The number of alkyl halides is 8. The summed E-state index contributed by atoms with van der Waals surface area (Å²) < 4.78 is 155. The number of fused-ring (bicyclic) bond motifs is 2. The molecule has 1 saturated carbocycles. The van der Waals surface area contributed by atoms with E-state index in [2.05, 4.69) is 52.3 Å². The number of nitrogens with one attached hydrogen (secondary N) is 4. The number of aliphatic hydroxyl groups excluding tert-OH is 1. The normalized spacial score (nSPS) is 18.7. The van der Waals surface area contributed by atoms with Gasteiger partial charge in [0.15, 0.2) is 0 Å². The molecule has 3 aliphatic rings. The fourth-order valence-corrected chi connectivity index (χ4v) is 10.0. The van der Waals surface area contributed by atoms with E-state index < -0.39 is 109 Å². The summed E-state index contributed by atoms with van der Waals surface area (Å²) in [5.74, 6) is 2.68. The highest BCUT2D eigenvalue weighted by molar-refractivity contribution is 5.86. The monoisotopic (exact) mass is 1140 g/mol. The van der Waals surface area contributed by atoms with Crippen molar-refractivity contribution in [3.8, 4) is 23.1 Å². The first-order valence-electron chi connectivity index (χ1n) is 25.8. The van der Waals surface area contributed by atoms with Crippen LogP contribution in [0.3, 0.4) is 0 Å². The van der Waals surface area contributed by atoms with Gasteiger partial charge in [0, 0.05) is 91.5 Å². The second kappa shape index (κ2) is 25.0. The van der Waals surface area contributed by atoms with Crippen molar-refractivity contribution in [2.24, 2.45) is 10.8 Å². The van der Waals surface area contributed by atoms with Crippen LogP contribution in [0.1, 0.15) is 88.6 Å². The molecule has 2 unspecified atom stereocenters. The summed E-state index contributed by atoms with van der Waals surface area (Å²) in [6, 6.07) is 8.80. The van der Waals surface area contributed by atoms with E-state index in [4.69, 9.17) is 4.98 Å². The average Bonchev–Trinajstić information content (AvgIpc) is 3.97. The van der Waals surface area contributed by atoms with E-state index >= 15 is 8.78 Å². The van der Waals surface area contributed by atoms with E-state index in [-0.39, 0.29) is 22.4 Å². The van der Waals surface area contributed by atoms with E-state index in [0.717, 1.165) is 59.2 Å². The Morgan fingerprint density at radius 1 is 0.800 bits per heavy atom. The van der Waals surface area contributed by atoms with Crippen LogP contribution in [-0.4, -0.2) is 143 Å². The molecule has 7 rings (SSSR count). The van der Waals surface area contributed by atoms with E-state index in [1.54, 1.807) is 30.5 Å². The molecule has 1 aliphatic carbocycles. The first-order chi connectivity index (χ1) is 37.6. The molecular weight excluding hydrogens is 1070 g/mol. The Labute approximate surface area is 455 Å². The van der Waals surface area contributed by atoms with Crippen molar-refractivity contribution in [3.63, 3.8) is 0 Å². The van der Waals surface area contributed by atoms with Crippen molar-refractivity contribution in [3.05, 3.63) is 101 Å². The van der Waals surface area contributed by atoms with Gasteiger partial charge in [0.25, 0.3) is 5.91 Å². The van der Waals surface area contributed by atoms with Crippen LogP contribution in [0, 0.1) is 34.3 Å². The van der Waals surface area contributed by atoms with Gasteiger partial charge in [-0.3, -0.25) is 15.1 Å². The fourth-order valence-electron chi connectivity index (χ4n) is 10.0. The van der Waals surface area contributed by atoms with Gasteiger partial charge in [-0.1, -0.05) is 30.4 Å². The number of aromatic nitrogens is 3. The number of methoxy groups -OCH3 is 2. The molecule has 80 heavy (non-hydrogen) atoms. The molecule has 4 heterocycles. The maximum absolute atomic E-state index is 16.0. The number of pyridine rings is 1. The quantitative estimate of drug-likeness (QED) is 0.0326. The summed E-state index contributed by atoms with van der Waals surface area (Å²) >= 11 is 0. The lowest BCUT2D eigenvalue weighted by atomic mass is 9.83. The largest absolute Gasteiger partial charge is 0.453 e. The number of carbonyl (C=O) groups is 3. The van der Waals surface area contributed by atoms with Crippen molar-refractivity contribution in [1.29, 1.82) is 0 Å². The molecule has 0 spiro atoms. The number of rotatable bonds is 20. The van der Waals surface area contributed by atoms with E-state index in [1.165, 1.54) is 32.1 Å². The van der Waals surface area contributed by atoms with Gasteiger partial charge in [-0.25, -0.2) is 33.0 Å². The van der Waals surface area contributed by atoms with Crippen LogP contribution in [0.4, 0.5) is 59.3 Å². The Kier molecular flexibility index (Phi) is 19.0. The zero-order valence-electron chi connectivity index (χ0n) is 44.7. The first-order valence-corrected chi connectivity index (χ1v) is 25.8. The number of carbonyl (C=O) groups excluding carboxylic acids is 3. The molecule has 4 aromatic rings. The smallest absolute Gasteiger partial charge is 0.407 e. The minimum atomic E-state index is -5.19. The molecule has 0 radical (unpaired) electrons. The van der Waals surface area contributed by atoms with Crippen molar-refractivity contribution in [1.82, 2.24) is 46.0 Å². The molecule has 2 aliphatic heterocycles. The number of halogens is 10. The zero-order chi connectivity index (χ0) is 58.5. The standard InChI is InChI=1S/C54H64F10N10O6/c1-51(2,53(59,60)61)44(67-49(77)79-5)26-65-42(22-32-13-10-31(11-14-32)12-15-33-16-19-45(66-25-33)71-27-36-17-18-37(28-71)74(36)35-8-7-9-35)43(75)30-72(70-47(76)46(68-50(78)80-6)52(3,4)54(62,63)64)29-38-39(55)23-34(24-40(38)56)41-20-21-73(69-41)48(57)58/h10-11,13-14,16,19-21,23-25,35-37,42-44,46,48,65,75H,7-9,17-18,22,26-30H2,1-6H3,(H,67,77)(H,68,78)(H,70,76)/t36?,37?,42-,43-,44+,46+/m0/s1. The minimum Gasteiger partial charge on any atom is -0.453 e. The number of ether oxygens (including phenoxy) is 2. The SMILES string of the molecule is COC(=O)N[C@H](C(=O)NN(Cc1c(F)cc(-c2ccn(C(F)F)n2)cc1F)C[C@H](O)[C@H](Cc1ccc(C#Cc2ccc(N3CC4CCC(C3)N4C3CCC3)nc2)cc1)NC[C@@H](NC(=O)OC)C(C)(C)C(F)(F)F)C(C)(C)C(F)(F)F. The van der Waals surface area contributed by atoms with Gasteiger partial charge >= 0.3 is 31.1 Å². The van der Waals surface area contributed by atoms with E-state index in [9.17, 15) is 54.6 Å². The zero-order valence-corrected chi connectivity index (χ0v) is 44.7. The lowest BCUT2D eigenvalue weighted by Crippen LogP contribution is -2.62. The minimum absolute atomic E-state index is 0.224. The van der Waals surface area contributed by atoms with Crippen molar-refractivity contribution >= 4 is 23.9 Å². The fraction of sp³-hybridized carbons (Fsp3) is 0.537. The lowest BCUT2D eigenvalue weighted by molar-refractivity contribution is -0.221.